The Morgan fingerprint density at radius 2 is 1.97 bits per heavy atom. The van der Waals surface area contributed by atoms with Crippen molar-refractivity contribution in [2.24, 2.45) is 0 Å². The molecule has 1 N–H and O–H groups in total. The highest BCUT2D eigenvalue weighted by Crippen LogP contribution is 2.34. The van der Waals surface area contributed by atoms with Crippen molar-refractivity contribution in [2.75, 3.05) is 26.2 Å². The smallest absolute Gasteiger partial charge is 0.318 e. The summed E-state index contributed by atoms with van der Waals surface area (Å²) in [4.78, 5) is 30.9. The molecule has 1 aliphatic rings. The van der Waals surface area contributed by atoms with E-state index in [0.29, 0.717) is 25.6 Å². The standard InChI is InChI=1S/C27H37N3O3S/c1-7-14-29(26(32)28-27(4,5)6)17-25(31)30-15-12-24-22(13-16-34-24)23(30)18-33-21-10-8-20(9-11-21)19(2)3/h7-11,13,16,19,23H,1,12,14-15,17-18H2,2-6H3,(H,28,32). The fourth-order valence-electron chi connectivity index (χ4n) is 4.03. The largest absolute Gasteiger partial charge is 0.491 e. The van der Waals surface area contributed by atoms with Crippen LogP contribution in [0.15, 0.2) is 48.4 Å². The number of fused-ring (bicyclic) bond motifs is 1. The quantitative estimate of drug-likeness (QED) is 0.513. The van der Waals surface area contributed by atoms with Gasteiger partial charge in [-0.3, -0.25) is 4.79 Å². The van der Waals surface area contributed by atoms with E-state index in [1.165, 1.54) is 15.3 Å². The third-order valence-electron chi connectivity index (χ3n) is 5.81. The number of carbonyl (C=O) groups excluding carboxylic acids is 2. The van der Waals surface area contributed by atoms with Crippen molar-refractivity contribution in [1.82, 2.24) is 15.1 Å². The van der Waals surface area contributed by atoms with Crippen LogP contribution in [-0.2, 0) is 11.2 Å². The van der Waals surface area contributed by atoms with Crippen molar-refractivity contribution in [3.8, 4) is 5.75 Å². The van der Waals surface area contributed by atoms with Crippen LogP contribution in [0.2, 0.25) is 0 Å². The van der Waals surface area contributed by atoms with E-state index in [-0.39, 0.29) is 24.5 Å². The summed E-state index contributed by atoms with van der Waals surface area (Å²) in [5.74, 6) is 1.16. The summed E-state index contributed by atoms with van der Waals surface area (Å²) in [6, 6.07) is 9.77. The molecule has 7 heteroatoms. The van der Waals surface area contributed by atoms with Gasteiger partial charge in [0.1, 0.15) is 18.9 Å². The summed E-state index contributed by atoms with van der Waals surface area (Å²) < 4.78 is 6.15. The third kappa shape index (κ3) is 6.63. The van der Waals surface area contributed by atoms with Crippen molar-refractivity contribution in [3.63, 3.8) is 0 Å². The number of urea groups is 1. The number of thiophene rings is 1. The SMILES string of the molecule is C=CCN(CC(=O)N1CCc2sccc2C1COc1ccc(C(C)C)cc1)C(=O)NC(C)(C)C. The first-order valence-electron chi connectivity index (χ1n) is 11.9. The number of nitrogens with zero attached hydrogens (tertiary/aromatic N) is 2. The van der Waals surface area contributed by atoms with E-state index in [9.17, 15) is 9.59 Å². The van der Waals surface area contributed by atoms with Crippen LogP contribution in [-0.4, -0.2) is 53.5 Å². The highest BCUT2D eigenvalue weighted by atomic mass is 32.1. The Hall–Kier alpha value is -2.80. The van der Waals surface area contributed by atoms with Gasteiger partial charge in [-0.15, -0.1) is 17.9 Å². The molecule has 1 atom stereocenters. The Bertz CT molecular complexity index is 991. The first-order chi connectivity index (χ1) is 16.1. The topological polar surface area (TPSA) is 61.9 Å². The molecule has 1 unspecified atom stereocenters. The molecule has 0 fully saturated rings. The monoisotopic (exact) mass is 483 g/mol. The van der Waals surface area contributed by atoms with Gasteiger partial charge in [0.2, 0.25) is 5.91 Å². The number of rotatable bonds is 8. The second kappa shape index (κ2) is 11.1. The molecule has 34 heavy (non-hydrogen) atoms. The predicted molar refractivity (Wildman–Crippen MR) is 139 cm³/mol. The zero-order valence-electron chi connectivity index (χ0n) is 21.0. The van der Waals surface area contributed by atoms with Gasteiger partial charge in [0.15, 0.2) is 0 Å². The first kappa shape index (κ1) is 25.8. The van der Waals surface area contributed by atoms with Gasteiger partial charge >= 0.3 is 6.03 Å². The average Bonchev–Trinajstić information content (AvgIpc) is 3.25. The van der Waals surface area contributed by atoms with Crippen LogP contribution in [0.25, 0.3) is 0 Å². The third-order valence-corrected chi connectivity index (χ3v) is 6.81. The Kier molecular flexibility index (Phi) is 8.42. The van der Waals surface area contributed by atoms with Crippen LogP contribution in [0.4, 0.5) is 4.79 Å². The molecule has 1 aromatic heterocycles. The number of benzene rings is 1. The van der Waals surface area contributed by atoms with E-state index in [0.717, 1.165) is 17.7 Å². The van der Waals surface area contributed by atoms with Crippen molar-refractivity contribution in [3.05, 3.63) is 64.4 Å². The number of amides is 3. The van der Waals surface area contributed by atoms with Gasteiger partial charge in [-0.1, -0.05) is 32.1 Å². The van der Waals surface area contributed by atoms with Gasteiger partial charge in [0.25, 0.3) is 0 Å². The number of hydrogen-bond acceptors (Lipinski definition) is 4. The number of nitrogens with one attached hydrogen (secondary N) is 1. The van der Waals surface area contributed by atoms with Gasteiger partial charge in [0.05, 0.1) is 6.04 Å². The Morgan fingerprint density at radius 3 is 2.59 bits per heavy atom. The van der Waals surface area contributed by atoms with Crippen molar-refractivity contribution >= 4 is 23.3 Å². The fourth-order valence-corrected chi connectivity index (χ4v) is 4.96. The van der Waals surface area contributed by atoms with E-state index >= 15 is 0 Å². The number of carbonyl (C=O) groups is 2. The maximum Gasteiger partial charge on any atom is 0.318 e. The van der Waals surface area contributed by atoms with E-state index in [2.05, 4.69) is 49.3 Å². The Labute approximate surface area is 207 Å². The Balaban J connectivity index is 1.74. The Morgan fingerprint density at radius 1 is 1.26 bits per heavy atom. The molecule has 6 nitrogen and oxygen atoms in total. The summed E-state index contributed by atoms with van der Waals surface area (Å²) in [5.41, 5.74) is 2.01. The molecule has 2 heterocycles. The van der Waals surface area contributed by atoms with Crippen LogP contribution < -0.4 is 10.1 Å². The van der Waals surface area contributed by atoms with Gasteiger partial charge in [-0.05, 0) is 67.8 Å². The highest BCUT2D eigenvalue weighted by molar-refractivity contribution is 7.10. The molecular weight excluding hydrogens is 446 g/mol. The number of ether oxygens (including phenoxy) is 1. The zero-order valence-corrected chi connectivity index (χ0v) is 21.8. The van der Waals surface area contributed by atoms with E-state index in [1.54, 1.807) is 17.4 Å². The van der Waals surface area contributed by atoms with Crippen molar-refractivity contribution < 1.29 is 14.3 Å². The van der Waals surface area contributed by atoms with Crippen LogP contribution in [0.5, 0.6) is 5.75 Å². The lowest BCUT2D eigenvalue weighted by atomic mass is 10.00. The van der Waals surface area contributed by atoms with E-state index in [1.807, 2.05) is 37.8 Å². The van der Waals surface area contributed by atoms with E-state index < -0.39 is 5.54 Å². The molecule has 1 aliphatic heterocycles. The molecule has 3 rings (SSSR count). The molecule has 0 spiro atoms. The zero-order chi connectivity index (χ0) is 24.9. The molecule has 1 aromatic carbocycles. The van der Waals surface area contributed by atoms with E-state index in [4.69, 9.17) is 4.74 Å². The molecule has 184 valence electrons. The van der Waals surface area contributed by atoms with Crippen molar-refractivity contribution in [1.29, 1.82) is 0 Å². The second-order valence-corrected chi connectivity index (χ2v) is 11.0. The lowest BCUT2D eigenvalue weighted by Crippen LogP contribution is -2.53. The lowest BCUT2D eigenvalue weighted by Gasteiger charge is -2.37. The summed E-state index contributed by atoms with van der Waals surface area (Å²) in [5, 5.41) is 5.01. The second-order valence-electron chi connectivity index (χ2n) is 10.0. The normalized spacial score (nSPS) is 15.6. The first-order valence-corrected chi connectivity index (χ1v) is 12.7. The maximum absolute atomic E-state index is 13.4. The molecule has 0 bridgehead atoms. The summed E-state index contributed by atoms with van der Waals surface area (Å²) in [6.07, 6.45) is 2.46. The minimum atomic E-state index is -0.391. The lowest BCUT2D eigenvalue weighted by molar-refractivity contribution is -0.135. The van der Waals surface area contributed by atoms with Crippen LogP contribution >= 0.6 is 11.3 Å². The van der Waals surface area contributed by atoms with Gasteiger partial charge < -0.3 is 19.9 Å². The maximum atomic E-state index is 13.4. The minimum absolute atomic E-state index is 0.00696. The molecule has 0 aliphatic carbocycles. The predicted octanol–water partition coefficient (Wildman–Crippen LogP) is 5.37. The molecule has 3 amide bonds. The molecule has 0 radical (unpaired) electrons. The van der Waals surface area contributed by atoms with Crippen molar-refractivity contribution in [2.45, 2.75) is 58.5 Å². The number of hydrogen-bond donors (Lipinski definition) is 1. The molecular formula is C27H37N3O3S. The summed E-state index contributed by atoms with van der Waals surface area (Å²) >= 11 is 1.72. The van der Waals surface area contributed by atoms with Crippen LogP contribution in [0, 0.1) is 0 Å². The average molecular weight is 484 g/mol. The summed E-state index contributed by atoms with van der Waals surface area (Å²) in [6.45, 7) is 15.1. The van der Waals surface area contributed by atoms with Crippen LogP contribution in [0.1, 0.15) is 62.6 Å². The van der Waals surface area contributed by atoms with Crippen LogP contribution in [0.3, 0.4) is 0 Å². The van der Waals surface area contributed by atoms with Gasteiger partial charge in [0, 0.05) is 23.5 Å². The fraction of sp³-hybridized carbons (Fsp3) is 0.481. The van der Waals surface area contributed by atoms with Gasteiger partial charge in [-0.2, -0.15) is 0 Å². The molecule has 0 saturated carbocycles. The summed E-state index contributed by atoms with van der Waals surface area (Å²) in [7, 11) is 0. The minimum Gasteiger partial charge on any atom is -0.491 e. The molecule has 0 saturated heterocycles. The highest BCUT2D eigenvalue weighted by Gasteiger charge is 2.33. The van der Waals surface area contributed by atoms with Gasteiger partial charge in [-0.25, -0.2) is 4.79 Å². The molecule has 2 aromatic rings.